The number of carbonyl (C=O) groups excluding carboxylic acids is 1. The van der Waals surface area contributed by atoms with Gasteiger partial charge in [0.15, 0.2) is 5.82 Å². The Labute approximate surface area is 193 Å². The summed E-state index contributed by atoms with van der Waals surface area (Å²) >= 11 is 0. The summed E-state index contributed by atoms with van der Waals surface area (Å²) in [4.78, 5) is 19.8. The van der Waals surface area contributed by atoms with Crippen LogP contribution in [0.4, 0.5) is 13.2 Å². The Morgan fingerprint density at radius 1 is 1.12 bits per heavy atom. The molecular formula is C23H24F3N5O3. The minimum atomic E-state index is -4.58. The van der Waals surface area contributed by atoms with Crippen molar-refractivity contribution in [2.75, 3.05) is 13.7 Å². The Morgan fingerprint density at radius 3 is 2.29 bits per heavy atom. The van der Waals surface area contributed by atoms with E-state index >= 15 is 0 Å². The van der Waals surface area contributed by atoms with Gasteiger partial charge in [0, 0.05) is 30.5 Å². The van der Waals surface area contributed by atoms with Gasteiger partial charge in [0.2, 0.25) is 17.6 Å². The van der Waals surface area contributed by atoms with Crippen LogP contribution in [0.5, 0.6) is 5.88 Å². The van der Waals surface area contributed by atoms with Crippen LogP contribution >= 0.6 is 0 Å². The Hall–Kier alpha value is -3.47. The third-order valence-electron chi connectivity index (χ3n) is 6.09. The van der Waals surface area contributed by atoms with Crippen molar-refractivity contribution in [1.82, 2.24) is 20.2 Å². The number of ether oxygens (including phenoxy) is 2. The Bertz CT molecular complexity index is 1120. The van der Waals surface area contributed by atoms with Crippen LogP contribution in [0.2, 0.25) is 0 Å². The number of rotatable bonds is 7. The highest BCUT2D eigenvalue weighted by Gasteiger charge is 2.41. The normalized spacial score (nSPS) is 20.8. The van der Waals surface area contributed by atoms with Gasteiger partial charge >= 0.3 is 6.18 Å². The second-order valence-electron chi connectivity index (χ2n) is 8.36. The van der Waals surface area contributed by atoms with Crippen molar-refractivity contribution in [3.8, 4) is 28.4 Å². The molecule has 4 rings (SSSR count). The number of methoxy groups -OCH3 is 1. The number of hydrogen-bond acceptors (Lipinski definition) is 6. The number of halogens is 3. The monoisotopic (exact) mass is 475 g/mol. The van der Waals surface area contributed by atoms with Gasteiger partial charge in [-0.2, -0.15) is 18.3 Å². The van der Waals surface area contributed by atoms with E-state index in [-0.39, 0.29) is 17.8 Å². The minimum absolute atomic E-state index is 0.0286. The molecule has 0 atom stereocenters. The first-order chi connectivity index (χ1) is 16.2. The molecule has 34 heavy (non-hydrogen) atoms. The van der Waals surface area contributed by atoms with Crippen molar-refractivity contribution >= 4 is 5.91 Å². The van der Waals surface area contributed by atoms with Gasteiger partial charge in [-0.15, -0.1) is 0 Å². The van der Waals surface area contributed by atoms with Crippen molar-refractivity contribution in [2.24, 2.45) is 11.1 Å². The lowest BCUT2D eigenvalue weighted by atomic mass is 9.73. The third-order valence-corrected chi connectivity index (χ3v) is 6.09. The predicted octanol–water partition coefficient (Wildman–Crippen LogP) is 3.99. The van der Waals surface area contributed by atoms with Gasteiger partial charge in [0.25, 0.3) is 0 Å². The van der Waals surface area contributed by atoms with Gasteiger partial charge in [-0.25, -0.2) is 9.97 Å². The first-order valence-electron chi connectivity index (χ1n) is 10.7. The van der Waals surface area contributed by atoms with Gasteiger partial charge in [-0.1, -0.05) is 24.3 Å². The number of alkyl halides is 3. The molecule has 3 N–H and O–H groups in total. The van der Waals surface area contributed by atoms with E-state index in [1.165, 1.54) is 0 Å². The van der Waals surface area contributed by atoms with E-state index < -0.39 is 17.4 Å². The maximum Gasteiger partial charge on any atom is 0.451 e. The number of hydrogen-bond donors (Lipinski definition) is 2. The third kappa shape index (κ3) is 5.04. The number of benzene rings is 1. The van der Waals surface area contributed by atoms with E-state index in [0.717, 1.165) is 11.1 Å². The van der Waals surface area contributed by atoms with Crippen molar-refractivity contribution in [1.29, 1.82) is 0 Å². The van der Waals surface area contributed by atoms with Gasteiger partial charge < -0.3 is 15.2 Å². The standard InChI is InChI=1S/C23H24F3N5O3/c1-33-13-22(20(27)32)10-8-17(9-11-22)34-18-7-6-16(12-28-18)14-2-4-15(5-3-14)19-29-21(31-30-19)23(24,25)26/h2-7,12,17H,8-11,13H2,1H3,(H2,27,32)(H,29,30,31). The molecule has 2 aromatic heterocycles. The van der Waals surface area contributed by atoms with E-state index in [4.69, 9.17) is 15.2 Å². The lowest BCUT2D eigenvalue weighted by molar-refractivity contribution is -0.144. The molecule has 0 spiro atoms. The number of pyridine rings is 1. The number of nitrogens with one attached hydrogen (secondary N) is 1. The summed E-state index contributed by atoms with van der Waals surface area (Å²) in [5.74, 6) is -1.03. The molecule has 11 heteroatoms. The largest absolute Gasteiger partial charge is 0.474 e. The maximum absolute atomic E-state index is 12.7. The molecule has 1 aromatic carbocycles. The molecule has 0 aliphatic heterocycles. The summed E-state index contributed by atoms with van der Waals surface area (Å²) in [5.41, 5.74) is 7.06. The molecule has 0 radical (unpaired) electrons. The van der Waals surface area contributed by atoms with E-state index in [1.807, 2.05) is 11.2 Å². The molecule has 1 fully saturated rings. The van der Waals surface area contributed by atoms with Crippen LogP contribution in [0.25, 0.3) is 22.5 Å². The van der Waals surface area contributed by atoms with Gasteiger partial charge in [-0.3, -0.25) is 9.89 Å². The number of primary amides is 1. The Morgan fingerprint density at radius 2 is 1.76 bits per heavy atom. The van der Waals surface area contributed by atoms with E-state index in [2.05, 4.69) is 15.1 Å². The zero-order valence-corrected chi connectivity index (χ0v) is 18.4. The molecule has 8 nitrogen and oxygen atoms in total. The van der Waals surface area contributed by atoms with Crippen LogP contribution in [-0.4, -0.2) is 45.9 Å². The molecule has 1 amide bonds. The lowest BCUT2D eigenvalue weighted by Crippen LogP contribution is -2.45. The zero-order valence-electron chi connectivity index (χ0n) is 18.4. The maximum atomic E-state index is 12.7. The summed E-state index contributed by atoms with van der Waals surface area (Å²) in [6.45, 7) is 0.306. The molecule has 0 bridgehead atoms. The second-order valence-corrected chi connectivity index (χ2v) is 8.36. The predicted molar refractivity (Wildman–Crippen MR) is 116 cm³/mol. The average Bonchev–Trinajstić information content (AvgIpc) is 3.32. The molecule has 1 aliphatic carbocycles. The number of nitrogens with zero attached hydrogens (tertiary/aromatic N) is 3. The van der Waals surface area contributed by atoms with Gasteiger partial charge in [0.1, 0.15) is 6.10 Å². The van der Waals surface area contributed by atoms with Crippen LogP contribution in [0.15, 0.2) is 42.6 Å². The molecule has 0 saturated heterocycles. The summed E-state index contributed by atoms with van der Waals surface area (Å²) in [5, 5.41) is 5.54. The number of aromatic nitrogens is 4. The van der Waals surface area contributed by atoms with Crippen LogP contribution < -0.4 is 10.5 Å². The fourth-order valence-electron chi connectivity index (χ4n) is 4.12. The van der Waals surface area contributed by atoms with E-state index in [1.54, 1.807) is 43.6 Å². The van der Waals surface area contributed by atoms with Crippen LogP contribution in [0.3, 0.4) is 0 Å². The summed E-state index contributed by atoms with van der Waals surface area (Å²) in [6.07, 6.45) is -0.428. The van der Waals surface area contributed by atoms with Crippen molar-refractivity contribution in [3.63, 3.8) is 0 Å². The highest BCUT2D eigenvalue weighted by atomic mass is 19.4. The zero-order chi connectivity index (χ0) is 24.3. The fraction of sp³-hybridized carbons (Fsp3) is 0.391. The van der Waals surface area contributed by atoms with Gasteiger partial charge in [-0.05, 0) is 37.3 Å². The molecular weight excluding hydrogens is 451 g/mol. The van der Waals surface area contributed by atoms with E-state index in [9.17, 15) is 18.0 Å². The summed E-state index contributed by atoms with van der Waals surface area (Å²) < 4.78 is 49.3. The number of amides is 1. The average molecular weight is 475 g/mol. The molecule has 2 heterocycles. The van der Waals surface area contributed by atoms with Crippen LogP contribution in [0.1, 0.15) is 31.5 Å². The number of nitrogens with two attached hydrogens (primary N) is 1. The fourth-order valence-corrected chi connectivity index (χ4v) is 4.12. The first-order valence-corrected chi connectivity index (χ1v) is 10.7. The summed E-state index contributed by atoms with van der Waals surface area (Å²) in [7, 11) is 1.56. The molecule has 1 aliphatic rings. The molecule has 0 unspecified atom stereocenters. The Balaban J connectivity index is 1.38. The van der Waals surface area contributed by atoms with Crippen LogP contribution in [0, 0.1) is 5.41 Å². The van der Waals surface area contributed by atoms with Crippen molar-refractivity contribution in [3.05, 3.63) is 48.4 Å². The number of carbonyl (C=O) groups is 1. The van der Waals surface area contributed by atoms with Crippen molar-refractivity contribution < 1.29 is 27.4 Å². The molecule has 3 aromatic rings. The van der Waals surface area contributed by atoms with Crippen LogP contribution in [-0.2, 0) is 15.7 Å². The number of aromatic amines is 1. The number of H-pyrrole nitrogens is 1. The topological polar surface area (TPSA) is 116 Å². The lowest BCUT2D eigenvalue weighted by Gasteiger charge is -2.36. The highest BCUT2D eigenvalue weighted by Crippen LogP contribution is 2.38. The van der Waals surface area contributed by atoms with Crippen molar-refractivity contribution in [2.45, 2.75) is 38.0 Å². The summed E-state index contributed by atoms with van der Waals surface area (Å²) in [6, 6.07) is 10.4. The Kier molecular flexibility index (Phi) is 6.56. The first kappa shape index (κ1) is 23.7. The quantitative estimate of drug-likeness (QED) is 0.534. The SMILES string of the molecule is COCC1(C(N)=O)CCC(Oc2ccc(-c3ccc(-c4n[nH]c(C(F)(F)F)n4)cc3)cn2)CC1. The smallest absolute Gasteiger partial charge is 0.451 e. The van der Waals surface area contributed by atoms with Gasteiger partial charge in [0.05, 0.1) is 12.0 Å². The second kappa shape index (κ2) is 9.41. The molecule has 1 saturated carbocycles. The molecule has 180 valence electrons. The minimum Gasteiger partial charge on any atom is -0.474 e. The van der Waals surface area contributed by atoms with E-state index in [0.29, 0.717) is 43.7 Å². The highest BCUT2D eigenvalue weighted by molar-refractivity contribution is 5.81.